The van der Waals surface area contributed by atoms with Crippen molar-refractivity contribution in [2.45, 2.75) is 26.8 Å². The molecule has 4 N–H and O–H groups in total. The fraction of sp³-hybridized carbons (Fsp3) is 0.172. The highest BCUT2D eigenvalue weighted by atomic mass is 16.4. The molecule has 0 aliphatic carbocycles. The molecular weight excluding hydrogens is 468 g/mol. The molecule has 2 heterocycles. The number of nitrogens with zero attached hydrogens (tertiary/aromatic N) is 1. The summed E-state index contributed by atoms with van der Waals surface area (Å²) in [5.41, 5.74) is 4.89. The lowest BCUT2D eigenvalue weighted by molar-refractivity contribution is 0.0698. The van der Waals surface area contributed by atoms with E-state index in [1.165, 1.54) is 6.21 Å². The van der Waals surface area contributed by atoms with Crippen LogP contribution in [0, 0.1) is 19.3 Å². The Kier molecular flexibility index (Phi) is 7.20. The largest absolute Gasteiger partial charge is 0.478 e. The smallest absolute Gasteiger partial charge is 0.337 e. The number of nitrogens with one attached hydrogen (secondary N) is 3. The SMILES string of the molecule is CN/C=C(\C=N)c1ccc(-c2oc3c(C(C)Nc4ccccc4C(=O)O)cc(C)cc3c(=O)c2C)cn1. The molecule has 0 saturated heterocycles. The number of pyridine rings is 1. The highest BCUT2D eigenvalue weighted by molar-refractivity contribution is 6.07. The number of hydrogen-bond donors (Lipinski definition) is 4. The minimum Gasteiger partial charge on any atom is -0.478 e. The molecule has 8 nitrogen and oxygen atoms in total. The Morgan fingerprint density at radius 3 is 2.57 bits per heavy atom. The lowest BCUT2D eigenvalue weighted by atomic mass is 9.98. The van der Waals surface area contributed by atoms with E-state index in [9.17, 15) is 14.7 Å². The Balaban J connectivity index is 1.84. The predicted octanol–water partition coefficient (Wildman–Crippen LogP) is 5.55. The summed E-state index contributed by atoms with van der Waals surface area (Å²) in [5.74, 6) is -0.616. The number of allylic oxidation sites excluding steroid dienone is 1. The van der Waals surface area contributed by atoms with Gasteiger partial charge in [-0.2, -0.15) is 0 Å². The van der Waals surface area contributed by atoms with Gasteiger partial charge in [-0.3, -0.25) is 9.78 Å². The monoisotopic (exact) mass is 496 g/mol. The average molecular weight is 497 g/mol. The number of hydrogen-bond acceptors (Lipinski definition) is 7. The molecule has 4 aromatic rings. The standard InChI is InChI=1S/C29H28N4O4/c1-16-11-22(18(3)33-25-8-6-5-7-21(25)29(35)36)28-23(12-16)26(34)17(2)27(37-28)19-9-10-24(32-15-19)20(13-30)14-31-4/h5-15,18,30-31,33H,1-4H3,(H,35,36)/b20-14+,30-13?. The molecule has 2 aromatic heterocycles. The van der Waals surface area contributed by atoms with Gasteiger partial charge < -0.3 is 25.6 Å². The van der Waals surface area contributed by atoms with Gasteiger partial charge in [0.1, 0.15) is 11.3 Å². The van der Waals surface area contributed by atoms with Gasteiger partial charge >= 0.3 is 5.97 Å². The predicted molar refractivity (Wildman–Crippen MR) is 146 cm³/mol. The van der Waals surface area contributed by atoms with E-state index in [1.807, 2.05) is 26.0 Å². The first-order valence-electron chi connectivity index (χ1n) is 11.8. The number of aryl methyl sites for hydroxylation is 1. The van der Waals surface area contributed by atoms with Crippen molar-refractivity contribution in [1.29, 1.82) is 5.41 Å². The van der Waals surface area contributed by atoms with Gasteiger partial charge in [0.05, 0.1) is 22.7 Å². The lowest BCUT2D eigenvalue weighted by Gasteiger charge is -2.20. The number of anilines is 1. The fourth-order valence-electron chi connectivity index (χ4n) is 4.32. The van der Waals surface area contributed by atoms with Crippen LogP contribution < -0.4 is 16.1 Å². The van der Waals surface area contributed by atoms with Crippen LogP contribution in [0.5, 0.6) is 0 Å². The van der Waals surface area contributed by atoms with Crippen molar-refractivity contribution >= 4 is 34.4 Å². The molecule has 1 unspecified atom stereocenters. The van der Waals surface area contributed by atoms with E-state index in [0.29, 0.717) is 44.8 Å². The number of rotatable bonds is 8. The highest BCUT2D eigenvalue weighted by Crippen LogP contribution is 2.32. The highest BCUT2D eigenvalue weighted by Gasteiger charge is 2.20. The summed E-state index contributed by atoms with van der Waals surface area (Å²) in [6, 6.07) is 13.7. The molecule has 0 fully saturated rings. The summed E-state index contributed by atoms with van der Waals surface area (Å²) in [6.45, 7) is 5.53. The van der Waals surface area contributed by atoms with Gasteiger partial charge in [0, 0.05) is 53.6 Å². The van der Waals surface area contributed by atoms with E-state index in [2.05, 4.69) is 15.6 Å². The van der Waals surface area contributed by atoms with Gasteiger partial charge in [0.25, 0.3) is 0 Å². The van der Waals surface area contributed by atoms with Crippen LogP contribution in [-0.4, -0.2) is 29.3 Å². The number of para-hydroxylation sites is 1. The molecule has 188 valence electrons. The molecule has 0 amide bonds. The number of carboxylic acid groups (broad SMARTS) is 1. The second-order valence-corrected chi connectivity index (χ2v) is 8.80. The van der Waals surface area contributed by atoms with E-state index in [1.54, 1.807) is 62.8 Å². The van der Waals surface area contributed by atoms with Crippen LogP contribution >= 0.6 is 0 Å². The van der Waals surface area contributed by atoms with Gasteiger partial charge in [-0.05, 0) is 56.7 Å². The quantitative estimate of drug-likeness (QED) is 0.235. The van der Waals surface area contributed by atoms with E-state index >= 15 is 0 Å². The van der Waals surface area contributed by atoms with E-state index in [-0.39, 0.29) is 17.0 Å². The first kappa shape index (κ1) is 25.4. The minimum absolute atomic E-state index is 0.140. The molecule has 2 aromatic carbocycles. The maximum Gasteiger partial charge on any atom is 0.337 e. The summed E-state index contributed by atoms with van der Waals surface area (Å²) >= 11 is 0. The van der Waals surface area contributed by atoms with Crippen LogP contribution in [0.4, 0.5) is 5.69 Å². The van der Waals surface area contributed by atoms with Crippen molar-refractivity contribution in [3.63, 3.8) is 0 Å². The van der Waals surface area contributed by atoms with Crippen molar-refractivity contribution in [1.82, 2.24) is 10.3 Å². The molecule has 0 aliphatic rings. The molecule has 1 atom stereocenters. The average Bonchev–Trinajstić information content (AvgIpc) is 2.89. The summed E-state index contributed by atoms with van der Waals surface area (Å²) < 4.78 is 6.39. The zero-order valence-electron chi connectivity index (χ0n) is 21.0. The number of carboxylic acids is 1. The molecule has 0 saturated carbocycles. The first-order valence-corrected chi connectivity index (χ1v) is 11.8. The van der Waals surface area contributed by atoms with Crippen LogP contribution in [-0.2, 0) is 0 Å². The Bertz CT molecular complexity index is 1590. The molecule has 0 bridgehead atoms. The third kappa shape index (κ3) is 4.99. The fourth-order valence-corrected chi connectivity index (χ4v) is 4.32. The topological polar surface area (TPSA) is 128 Å². The van der Waals surface area contributed by atoms with Crippen molar-refractivity contribution < 1.29 is 14.3 Å². The van der Waals surface area contributed by atoms with Crippen molar-refractivity contribution in [3.8, 4) is 11.3 Å². The normalized spacial score (nSPS) is 12.3. The molecule has 4 rings (SSSR count). The molecule has 0 aliphatic heterocycles. The van der Waals surface area contributed by atoms with Crippen LogP contribution in [0.3, 0.4) is 0 Å². The maximum absolute atomic E-state index is 13.4. The molecule has 0 spiro atoms. The summed E-state index contributed by atoms with van der Waals surface area (Å²) in [6.07, 6.45) is 4.52. The van der Waals surface area contributed by atoms with E-state index in [0.717, 1.165) is 11.1 Å². The molecule has 37 heavy (non-hydrogen) atoms. The zero-order valence-corrected chi connectivity index (χ0v) is 21.0. The van der Waals surface area contributed by atoms with E-state index < -0.39 is 5.97 Å². The van der Waals surface area contributed by atoms with Gasteiger partial charge in [-0.15, -0.1) is 0 Å². The van der Waals surface area contributed by atoms with Gasteiger partial charge in [0.15, 0.2) is 5.43 Å². The van der Waals surface area contributed by atoms with Gasteiger partial charge in [-0.1, -0.05) is 18.2 Å². The van der Waals surface area contributed by atoms with Crippen LogP contribution in [0.25, 0.3) is 27.9 Å². The van der Waals surface area contributed by atoms with Gasteiger partial charge in [0.2, 0.25) is 0 Å². The van der Waals surface area contributed by atoms with Crippen LogP contribution in [0.2, 0.25) is 0 Å². The maximum atomic E-state index is 13.4. The number of carbonyl (C=O) groups is 1. The van der Waals surface area contributed by atoms with Crippen molar-refractivity contribution in [2.24, 2.45) is 0 Å². The van der Waals surface area contributed by atoms with Crippen LogP contribution in [0.15, 0.2) is 70.1 Å². The second-order valence-electron chi connectivity index (χ2n) is 8.80. The van der Waals surface area contributed by atoms with E-state index in [4.69, 9.17) is 9.83 Å². The zero-order chi connectivity index (χ0) is 26.7. The summed E-state index contributed by atoms with van der Waals surface area (Å²) in [4.78, 5) is 29.6. The lowest BCUT2D eigenvalue weighted by Crippen LogP contribution is -2.14. The molecular formula is C29H28N4O4. The summed E-state index contributed by atoms with van der Waals surface area (Å²) in [7, 11) is 1.75. The Labute approximate surface area is 214 Å². The first-order chi connectivity index (χ1) is 17.7. The number of aromatic nitrogens is 1. The molecule has 8 heteroatoms. The van der Waals surface area contributed by atoms with Crippen LogP contribution in [0.1, 0.15) is 45.7 Å². The van der Waals surface area contributed by atoms with Gasteiger partial charge in [-0.25, -0.2) is 4.79 Å². The minimum atomic E-state index is -1.03. The number of benzene rings is 2. The van der Waals surface area contributed by atoms with Crippen molar-refractivity contribution in [3.05, 3.63) is 99.1 Å². The molecule has 0 radical (unpaired) electrons. The Hall–Kier alpha value is -4.72. The number of fused-ring (bicyclic) bond motifs is 1. The third-order valence-corrected chi connectivity index (χ3v) is 6.16. The number of aromatic carboxylic acids is 1. The second kappa shape index (κ2) is 10.5. The van der Waals surface area contributed by atoms with Crippen molar-refractivity contribution in [2.75, 3.05) is 12.4 Å². The Morgan fingerprint density at radius 2 is 1.92 bits per heavy atom. The third-order valence-electron chi connectivity index (χ3n) is 6.16. The summed E-state index contributed by atoms with van der Waals surface area (Å²) in [5, 5.41) is 23.8. The Morgan fingerprint density at radius 1 is 1.16 bits per heavy atom.